The van der Waals surface area contributed by atoms with Crippen molar-refractivity contribution in [2.75, 3.05) is 18.0 Å². The van der Waals surface area contributed by atoms with E-state index >= 15 is 0 Å². The van der Waals surface area contributed by atoms with Gasteiger partial charge < -0.3 is 4.90 Å². The summed E-state index contributed by atoms with van der Waals surface area (Å²) in [6.45, 7) is 9.39. The Hall–Kier alpha value is -2.02. The average Bonchev–Trinajstić information content (AvgIpc) is 3.20. The van der Waals surface area contributed by atoms with Crippen molar-refractivity contribution in [3.63, 3.8) is 0 Å². The first kappa shape index (κ1) is 47.4. The monoisotopic (exact) mass is 754 g/mol. The van der Waals surface area contributed by atoms with Gasteiger partial charge in [-0.2, -0.15) is 0 Å². The molecule has 55 heavy (non-hydrogen) atoms. The first-order valence-corrected chi connectivity index (χ1v) is 25.0. The quantitative estimate of drug-likeness (QED) is 0.0416. The Morgan fingerprint density at radius 1 is 0.327 bits per heavy atom. The highest BCUT2D eigenvalue weighted by atomic mass is 15.1. The smallest absolute Gasteiger partial charge is 0.0478 e. The van der Waals surface area contributed by atoms with Crippen LogP contribution < -0.4 is 4.90 Å². The molecular weight excluding hydrogens is 663 g/mol. The SMILES string of the molecule is CCCCCCCCCCCCCCCCCCCCc1ccc2cc3ccccc3cc2c1N(CCCCCCCC)CCCCCCCCCCCC. The van der Waals surface area contributed by atoms with E-state index in [1.54, 1.807) is 11.3 Å². The molecule has 0 saturated carbocycles. The Labute approximate surface area is 343 Å². The Morgan fingerprint density at radius 3 is 1.07 bits per heavy atom. The van der Waals surface area contributed by atoms with Gasteiger partial charge in [0.05, 0.1) is 0 Å². The van der Waals surface area contributed by atoms with E-state index in [-0.39, 0.29) is 0 Å². The molecule has 0 saturated heterocycles. The van der Waals surface area contributed by atoms with E-state index in [0.717, 1.165) is 0 Å². The van der Waals surface area contributed by atoms with Crippen LogP contribution in [0.5, 0.6) is 0 Å². The van der Waals surface area contributed by atoms with Crippen LogP contribution in [0.2, 0.25) is 0 Å². The maximum absolute atomic E-state index is 2.87. The molecule has 3 aromatic rings. The lowest BCUT2D eigenvalue weighted by Crippen LogP contribution is -2.27. The zero-order valence-electron chi connectivity index (χ0n) is 37.2. The molecule has 0 radical (unpaired) electrons. The largest absolute Gasteiger partial charge is 0.371 e. The molecule has 0 unspecified atom stereocenters. The summed E-state index contributed by atoms with van der Waals surface area (Å²) in [5.74, 6) is 0. The van der Waals surface area contributed by atoms with Crippen LogP contribution >= 0.6 is 0 Å². The third-order valence-corrected chi connectivity index (χ3v) is 12.6. The van der Waals surface area contributed by atoms with E-state index in [1.165, 1.54) is 259 Å². The predicted octanol–water partition coefficient (Wildman–Crippen LogP) is 18.7. The molecule has 0 aromatic heterocycles. The number of fused-ring (bicyclic) bond motifs is 2. The molecule has 0 heterocycles. The molecule has 0 spiro atoms. The fourth-order valence-electron chi connectivity index (χ4n) is 9.04. The third kappa shape index (κ3) is 21.4. The van der Waals surface area contributed by atoms with Gasteiger partial charge in [-0.25, -0.2) is 0 Å². The van der Waals surface area contributed by atoms with Gasteiger partial charge in [0.1, 0.15) is 0 Å². The lowest BCUT2D eigenvalue weighted by molar-refractivity contribution is 0.525. The Bertz CT molecular complexity index is 1310. The molecule has 3 aromatic carbocycles. The van der Waals surface area contributed by atoms with Crippen LogP contribution in [0.1, 0.15) is 245 Å². The average molecular weight is 754 g/mol. The molecule has 1 heteroatoms. The van der Waals surface area contributed by atoms with Crippen molar-refractivity contribution < 1.29 is 0 Å². The number of benzene rings is 3. The van der Waals surface area contributed by atoms with E-state index in [2.05, 4.69) is 74.2 Å². The highest BCUT2D eigenvalue weighted by molar-refractivity contribution is 6.04. The summed E-state index contributed by atoms with van der Waals surface area (Å²) in [5.41, 5.74) is 3.19. The molecule has 0 fully saturated rings. The Balaban J connectivity index is 1.50. The molecule has 312 valence electrons. The van der Waals surface area contributed by atoms with Crippen molar-refractivity contribution in [3.8, 4) is 0 Å². The molecule has 0 aliphatic carbocycles. The first-order valence-electron chi connectivity index (χ1n) is 25.0. The van der Waals surface area contributed by atoms with Crippen molar-refractivity contribution in [1.29, 1.82) is 0 Å². The zero-order valence-corrected chi connectivity index (χ0v) is 37.2. The molecule has 0 aliphatic heterocycles. The van der Waals surface area contributed by atoms with Gasteiger partial charge in [0.2, 0.25) is 0 Å². The predicted molar refractivity (Wildman–Crippen MR) is 251 cm³/mol. The zero-order chi connectivity index (χ0) is 38.9. The molecule has 0 bridgehead atoms. The maximum atomic E-state index is 2.87. The second kappa shape index (κ2) is 33.0. The molecule has 0 amide bonds. The number of anilines is 1. The van der Waals surface area contributed by atoms with Crippen molar-refractivity contribution in [2.45, 2.75) is 245 Å². The molecule has 0 atom stereocenters. The maximum Gasteiger partial charge on any atom is 0.0478 e. The van der Waals surface area contributed by atoms with Crippen LogP contribution in [0.4, 0.5) is 5.69 Å². The standard InChI is InChI=1S/C54H91N/c1-4-7-10-13-16-18-20-21-22-23-24-25-26-27-28-30-32-35-40-49-43-44-52-47-50-41-36-37-42-51(50)48-53(52)54(49)55(45-38-33-15-12-9-6-3)46-39-34-31-29-19-17-14-11-8-5-2/h36-37,41-44,47-48H,4-35,38-40,45-46H2,1-3H3. The van der Waals surface area contributed by atoms with Crippen LogP contribution in [0.15, 0.2) is 48.5 Å². The van der Waals surface area contributed by atoms with E-state index in [0.29, 0.717) is 0 Å². The van der Waals surface area contributed by atoms with Crippen LogP contribution in [0, 0.1) is 0 Å². The first-order chi connectivity index (χ1) is 27.3. The van der Waals surface area contributed by atoms with Crippen molar-refractivity contribution in [2.24, 2.45) is 0 Å². The number of rotatable bonds is 38. The molecule has 0 N–H and O–H groups in total. The minimum atomic E-state index is 1.21. The second-order valence-electron chi connectivity index (χ2n) is 17.7. The lowest BCUT2D eigenvalue weighted by atomic mass is 9.95. The van der Waals surface area contributed by atoms with Crippen molar-refractivity contribution >= 4 is 27.2 Å². The van der Waals surface area contributed by atoms with Crippen LogP contribution in [-0.4, -0.2) is 13.1 Å². The van der Waals surface area contributed by atoms with Gasteiger partial charge in [-0.15, -0.1) is 0 Å². The second-order valence-corrected chi connectivity index (χ2v) is 17.7. The van der Waals surface area contributed by atoms with Crippen molar-refractivity contribution in [1.82, 2.24) is 0 Å². The fourth-order valence-corrected chi connectivity index (χ4v) is 9.04. The number of hydrogen-bond donors (Lipinski definition) is 0. The summed E-state index contributed by atoms with van der Waals surface area (Å²) >= 11 is 0. The number of hydrogen-bond acceptors (Lipinski definition) is 1. The summed E-state index contributed by atoms with van der Waals surface area (Å²) in [4.78, 5) is 2.87. The molecular formula is C54H91N. The van der Waals surface area contributed by atoms with Gasteiger partial charge in [0.25, 0.3) is 0 Å². The van der Waals surface area contributed by atoms with Crippen LogP contribution in [0.25, 0.3) is 21.5 Å². The van der Waals surface area contributed by atoms with Gasteiger partial charge in [0, 0.05) is 24.2 Å². The highest BCUT2D eigenvalue weighted by Crippen LogP contribution is 2.36. The summed E-state index contributed by atoms with van der Waals surface area (Å²) in [5, 5.41) is 5.68. The van der Waals surface area contributed by atoms with Gasteiger partial charge in [0.15, 0.2) is 0 Å². The van der Waals surface area contributed by atoms with Gasteiger partial charge in [-0.3, -0.25) is 0 Å². The van der Waals surface area contributed by atoms with Gasteiger partial charge in [-0.05, 0) is 59.5 Å². The number of nitrogens with zero attached hydrogens (tertiary/aromatic N) is 1. The van der Waals surface area contributed by atoms with Crippen LogP contribution in [-0.2, 0) is 6.42 Å². The fraction of sp³-hybridized carbons (Fsp3) is 0.741. The summed E-state index contributed by atoms with van der Waals surface area (Å²) in [6, 6.07) is 19.0. The Morgan fingerprint density at radius 2 is 0.673 bits per heavy atom. The minimum Gasteiger partial charge on any atom is -0.371 e. The molecule has 0 aliphatic rings. The number of aryl methyl sites for hydroxylation is 1. The van der Waals surface area contributed by atoms with Gasteiger partial charge >= 0.3 is 0 Å². The summed E-state index contributed by atoms with van der Waals surface area (Å²) in [6.07, 6.45) is 49.4. The van der Waals surface area contributed by atoms with Gasteiger partial charge in [-0.1, -0.05) is 256 Å². The van der Waals surface area contributed by atoms with Crippen molar-refractivity contribution in [3.05, 3.63) is 54.1 Å². The third-order valence-electron chi connectivity index (χ3n) is 12.6. The van der Waals surface area contributed by atoms with E-state index in [9.17, 15) is 0 Å². The summed E-state index contributed by atoms with van der Waals surface area (Å²) < 4.78 is 0. The topological polar surface area (TPSA) is 3.24 Å². The molecule has 3 rings (SSSR count). The number of unbranched alkanes of at least 4 members (excludes halogenated alkanes) is 31. The summed E-state index contributed by atoms with van der Waals surface area (Å²) in [7, 11) is 0. The molecule has 1 nitrogen and oxygen atoms in total. The highest BCUT2D eigenvalue weighted by Gasteiger charge is 2.16. The van der Waals surface area contributed by atoms with E-state index < -0.39 is 0 Å². The lowest BCUT2D eigenvalue weighted by Gasteiger charge is -2.29. The van der Waals surface area contributed by atoms with E-state index in [4.69, 9.17) is 0 Å². The Kier molecular flexibility index (Phi) is 28.4. The normalized spacial score (nSPS) is 11.7. The van der Waals surface area contributed by atoms with E-state index in [1.807, 2.05) is 0 Å². The minimum absolute atomic E-state index is 1.21. The van der Waals surface area contributed by atoms with Crippen LogP contribution in [0.3, 0.4) is 0 Å².